The average molecular weight is 278 g/mol. The lowest BCUT2D eigenvalue weighted by Crippen LogP contribution is -2.43. The summed E-state index contributed by atoms with van der Waals surface area (Å²) < 4.78 is 0. The molecule has 0 fully saturated rings. The molecular formula is C15H22N2OS. The zero-order valence-electron chi connectivity index (χ0n) is 11.9. The Kier molecular flexibility index (Phi) is 4.75. The summed E-state index contributed by atoms with van der Waals surface area (Å²) in [4.78, 5) is 17.7. The van der Waals surface area contributed by atoms with Crippen LogP contribution in [0.1, 0.15) is 20.8 Å². The number of likely N-dealkylation sites (N-methyl/N-ethyl adjacent to an activating group) is 1. The van der Waals surface area contributed by atoms with Gasteiger partial charge in [-0.1, -0.05) is 19.1 Å². The van der Waals surface area contributed by atoms with Crippen molar-refractivity contribution in [2.24, 2.45) is 0 Å². The number of rotatable bonds is 4. The van der Waals surface area contributed by atoms with Crippen LogP contribution in [0, 0.1) is 0 Å². The van der Waals surface area contributed by atoms with Crippen molar-refractivity contribution in [2.75, 3.05) is 31.1 Å². The first-order valence-corrected chi connectivity index (χ1v) is 7.82. The molecule has 4 heteroatoms. The highest BCUT2D eigenvalue weighted by molar-refractivity contribution is 8.00. The van der Waals surface area contributed by atoms with Gasteiger partial charge in [0.05, 0.1) is 12.2 Å². The lowest BCUT2D eigenvalue weighted by atomic mass is 10.2. The lowest BCUT2D eigenvalue weighted by Gasteiger charge is -2.35. The molecule has 19 heavy (non-hydrogen) atoms. The maximum absolute atomic E-state index is 12.3. The average Bonchev–Trinajstić information content (AvgIpc) is 2.40. The van der Waals surface area contributed by atoms with E-state index in [0.717, 1.165) is 19.6 Å². The minimum absolute atomic E-state index is 0.221. The molecule has 1 aromatic carbocycles. The standard InChI is InChI=1S/C15H22N2OS/c1-4-16(5-2)15(18)11-17-10-12(3)19-14-9-7-6-8-13(14)17/h6-9,12H,4-5,10-11H2,1-3H3/t12-/m1/s1. The van der Waals surface area contributed by atoms with Gasteiger partial charge in [-0.05, 0) is 26.0 Å². The minimum Gasteiger partial charge on any atom is -0.360 e. The summed E-state index contributed by atoms with van der Waals surface area (Å²) in [5.41, 5.74) is 1.20. The molecule has 0 radical (unpaired) electrons. The van der Waals surface area contributed by atoms with E-state index in [1.165, 1.54) is 10.6 Å². The SMILES string of the molecule is CCN(CC)C(=O)CN1C[C@@H](C)Sc2ccccc21. The molecule has 0 unspecified atom stereocenters. The van der Waals surface area contributed by atoms with Crippen LogP contribution in [0.2, 0.25) is 0 Å². The third-order valence-electron chi connectivity index (χ3n) is 3.45. The van der Waals surface area contributed by atoms with E-state index >= 15 is 0 Å². The highest BCUT2D eigenvalue weighted by atomic mass is 32.2. The molecule has 1 heterocycles. The largest absolute Gasteiger partial charge is 0.360 e. The van der Waals surface area contributed by atoms with E-state index in [1.807, 2.05) is 36.6 Å². The summed E-state index contributed by atoms with van der Waals surface area (Å²) in [7, 11) is 0. The summed E-state index contributed by atoms with van der Waals surface area (Å²) in [5.74, 6) is 0.221. The Bertz CT molecular complexity index is 446. The normalized spacial score (nSPS) is 18.1. The number of anilines is 1. The van der Waals surface area contributed by atoms with Gasteiger partial charge < -0.3 is 9.80 Å². The highest BCUT2D eigenvalue weighted by Gasteiger charge is 2.24. The predicted octanol–water partition coefficient (Wildman–Crippen LogP) is 2.86. The van der Waals surface area contributed by atoms with Crippen LogP contribution < -0.4 is 4.90 Å². The summed E-state index contributed by atoms with van der Waals surface area (Å²) in [5, 5.41) is 0.527. The molecular weight excluding hydrogens is 256 g/mol. The van der Waals surface area contributed by atoms with E-state index in [1.54, 1.807) is 0 Å². The van der Waals surface area contributed by atoms with Gasteiger partial charge in [-0.25, -0.2) is 0 Å². The number of amides is 1. The number of hydrogen-bond acceptors (Lipinski definition) is 3. The number of hydrogen-bond donors (Lipinski definition) is 0. The summed E-state index contributed by atoms with van der Waals surface area (Å²) >= 11 is 1.90. The fourth-order valence-corrected chi connectivity index (χ4v) is 3.63. The number of para-hydroxylation sites is 1. The van der Waals surface area contributed by atoms with Crippen molar-refractivity contribution in [1.82, 2.24) is 4.90 Å². The Morgan fingerprint density at radius 2 is 2.05 bits per heavy atom. The molecule has 0 saturated heterocycles. The molecule has 1 aliphatic rings. The number of thioether (sulfide) groups is 1. The third-order valence-corrected chi connectivity index (χ3v) is 4.60. The second kappa shape index (κ2) is 6.33. The first kappa shape index (κ1) is 14.3. The van der Waals surface area contributed by atoms with Crippen LogP contribution in [0.25, 0.3) is 0 Å². The van der Waals surface area contributed by atoms with Crippen LogP contribution in [-0.2, 0) is 4.79 Å². The van der Waals surface area contributed by atoms with Crippen LogP contribution in [0.15, 0.2) is 29.2 Å². The van der Waals surface area contributed by atoms with Crippen molar-refractivity contribution < 1.29 is 4.79 Å². The Balaban J connectivity index is 2.15. The van der Waals surface area contributed by atoms with E-state index in [4.69, 9.17) is 0 Å². The molecule has 0 saturated carbocycles. The van der Waals surface area contributed by atoms with Gasteiger partial charge in [0.2, 0.25) is 5.91 Å². The van der Waals surface area contributed by atoms with E-state index < -0.39 is 0 Å². The quantitative estimate of drug-likeness (QED) is 0.846. The fraction of sp³-hybridized carbons (Fsp3) is 0.533. The Hall–Kier alpha value is -1.16. The molecule has 104 valence electrons. The molecule has 0 aromatic heterocycles. The minimum atomic E-state index is 0.221. The zero-order chi connectivity index (χ0) is 13.8. The molecule has 1 aliphatic heterocycles. The maximum atomic E-state index is 12.3. The Labute approximate surface area is 120 Å². The van der Waals surface area contributed by atoms with Crippen LogP contribution in [0.5, 0.6) is 0 Å². The second-order valence-electron chi connectivity index (χ2n) is 4.84. The molecule has 0 N–H and O–H groups in total. The van der Waals surface area contributed by atoms with Crippen molar-refractivity contribution in [2.45, 2.75) is 30.9 Å². The van der Waals surface area contributed by atoms with Gasteiger partial charge in [-0.2, -0.15) is 0 Å². The molecule has 0 spiro atoms. The predicted molar refractivity (Wildman–Crippen MR) is 81.9 cm³/mol. The van der Waals surface area contributed by atoms with E-state index in [9.17, 15) is 4.79 Å². The summed E-state index contributed by atoms with van der Waals surface area (Å²) in [6, 6.07) is 8.37. The molecule has 0 aliphatic carbocycles. The van der Waals surface area contributed by atoms with Gasteiger partial charge >= 0.3 is 0 Å². The molecule has 0 bridgehead atoms. The van der Waals surface area contributed by atoms with E-state index in [0.29, 0.717) is 11.8 Å². The summed E-state index contributed by atoms with van der Waals surface area (Å²) in [6.45, 7) is 9.28. The number of benzene rings is 1. The number of carbonyl (C=O) groups is 1. The number of fused-ring (bicyclic) bond motifs is 1. The van der Waals surface area contributed by atoms with Crippen molar-refractivity contribution >= 4 is 23.4 Å². The van der Waals surface area contributed by atoms with Crippen molar-refractivity contribution in [3.63, 3.8) is 0 Å². The van der Waals surface area contributed by atoms with Crippen molar-refractivity contribution in [1.29, 1.82) is 0 Å². The van der Waals surface area contributed by atoms with Gasteiger partial charge in [-0.3, -0.25) is 4.79 Å². The van der Waals surface area contributed by atoms with Crippen molar-refractivity contribution in [3.05, 3.63) is 24.3 Å². The van der Waals surface area contributed by atoms with Crippen LogP contribution in [0.4, 0.5) is 5.69 Å². The monoisotopic (exact) mass is 278 g/mol. The van der Waals surface area contributed by atoms with Gasteiger partial charge in [0.1, 0.15) is 0 Å². The molecule has 1 aromatic rings. The second-order valence-corrected chi connectivity index (χ2v) is 6.32. The van der Waals surface area contributed by atoms with Crippen molar-refractivity contribution in [3.8, 4) is 0 Å². The van der Waals surface area contributed by atoms with Crippen LogP contribution in [-0.4, -0.2) is 42.2 Å². The first-order valence-electron chi connectivity index (χ1n) is 6.94. The van der Waals surface area contributed by atoms with Gasteiger partial charge in [0.15, 0.2) is 0 Å². The van der Waals surface area contributed by atoms with Gasteiger partial charge in [-0.15, -0.1) is 11.8 Å². The smallest absolute Gasteiger partial charge is 0.242 e. The van der Waals surface area contributed by atoms with E-state index in [2.05, 4.69) is 30.0 Å². The molecule has 1 atom stereocenters. The highest BCUT2D eigenvalue weighted by Crippen LogP contribution is 2.37. The summed E-state index contributed by atoms with van der Waals surface area (Å²) in [6.07, 6.45) is 0. The third kappa shape index (κ3) is 3.24. The van der Waals surface area contributed by atoms with Crippen LogP contribution >= 0.6 is 11.8 Å². The zero-order valence-corrected chi connectivity index (χ0v) is 12.7. The lowest BCUT2D eigenvalue weighted by molar-refractivity contribution is -0.129. The molecule has 2 rings (SSSR count). The Morgan fingerprint density at radius 3 is 2.74 bits per heavy atom. The molecule has 1 amide bonds. The number of carbonyl (C=O) groups excluding carboxylic acids is 1. The Morgan fingerprint density at radius 1 is 1.37 bits per heavy atom. The van der Waals surface area contributed by atoms with Gasteiger partial charge in [0, 0.05) is 29.8 Å². The number of nitrogens with zero attached hydrogens (tertiary/aromatic N) is 2. The maximum Gasteiger partial charge on any atom is 0.242 e. The van der Waals surface area contributed by atoms with Crippen LogP contribution in [0.3, 0.4) is 0 Å². The van der Waals surface area contributed by atoms with E-state index in [-0.39, 0.29) is 5.91 Å². The molecule has 3 nitrogen and oxygen atoms in total. The van der Waals surface area contributed by atoms with Gasteiger partial charge in [0.25, 0.3) is 0 Å². The topological polar surface area (TPSA) is 23.6 Å². The fourth-order valence-electron chi connectivity index (χ4n) is 2.47. The first-order chi connectivity index (χ1) is 9.15.